The van der Waals surface area contributed by atoms with Gasteiger partial charge in [0, 0.05) is 45.3 Å². The second kappa shape index (κ2) is 11.5. The number of amides is 1. The number of carbonyl (C=O) groups is 1. The van der Waals surface area contributed by atoms with E-state index < -0.39 is 0 Å². The van der Waals surface area contributed by atoms with Crippen LogP contribution in [-0.2, 0) is 4.79 Å². The topological polar surface area (TPSA) is 38.8 Å². The third-order valence-corrected chi connectivity index (χ3v) is 5.07. The molecule has 2 rings (SSSR count). The number of halogens is 2. The van der Waals surface area contributed by atoms with E-state index in [1.165, 1.54) is 0 Å². The summed E-state index contributed by atoms with van der Waals surface area (Å²) in [6.45, 7) is 14.6. The molecule has 0 spiro atoms. The maximum atomic E-state index is 12.8. The molecular weight excluding hydrogens is 335 g/mol. The van der Waals surface area contributed by atoms with Gasteiger partial charge in [0.05, 0.1) is 6.04 Å². The molecule has 0 bridgehead atoms. The Morgan fingerprint density at radius 1 is 1.13 bits per heavy atom. The van der Waals surface area contributed by atoms with Crippen LogP contribution in [0.3, 0.4) is 0 Å². The van der Waals surface area contributed by atoms with Crippen LogP contribution in [-0.4, -0.2) is 85.0 Å². The molecule has 138 valence electrons. The molecule has 5 nitrogen and oxygen atoms in total. The first-order valence-electron chi connectivity index (χ1n) is 8.68. The number of nitrogens with zero attached hydrogens (tertiary/aromatic N) is 3. The number of likely N-dealkylation sites (N-methyl/N-ethyl adjacent to an activating group) is 1. The monoisotopic (exact) mass is 368 g/mol. The van der Waals surface area contributed by atoms with Crippen molar-refractivity contribution in [3.8, 4) is 0 Å². The van der Waals surface area contributed by atoms with Crippen LogP contribution in [0.1, 0.15) is 33.6 Å². The van der Waals surface area contributed by atoms with Crippen LogP contribution in [0.4, 0.5) is 0 Å². The van der Waals surface area contributed by atoms with Crippen molar-refractivity contribution in [3.05, 3.63) is 0 Å². The molecule has 0 radical (unpaired) electrons. The van der Waals surface area contributed by atoms with Gasteiger partial charge in [-0.05, 0) is 25.9 Å². The molecular formula is C16H34Cl2N4O. The Labute approximate surface area is 153 Å². The summed E-state index contributed by atoms with van der Waals surface area (Å²) in [4.78, 5) is 19.8. The zero-order valence-electron chi connectivity index (χ0n) is 14.8. The molecule has 0 aromatic rings. The maximum Gasteiger partial charge on any atom is 0.239 e. The van der Waals surface area contributed by atoms with E-state index in [4.69, 9.17) is 0 Å². The number of hydrogen-bond acceptors (Lipinski definition) is 4. The van der Waals surface area contributed by atoms with Gasteiger partial charge in [0.25, 0.3) is 0 Å². The Bertz CT molecular complexity index is 336. The van der Waals surface area contributed by atoms with Crippen molar-refractivity contribution in [1.82, 2.24) is 20.0 Å². The van der Waals surface area contributed by atoms with Gasteiger partial charge in [-0.2, -0.15) is 0 Å². The fraction of sp³-hybridized carbons (Fsp3) is 0.938. The molecule has 1 amide bonds. The molecule has 0 aliphatic carbocycles. The van der Waals surface area contributed by atoms with Crippen molar-refractivity contribution in [2.45, 2.75) is 45.7 Å². The molecule has 2 saturated heterocycles. The summed E-state index contributed by atoms with van der Waals surface area (Å²) in [5.74, 6) is 0.346. The standard InChI is InChI=1S/C16H32N4O.2ClH/c1-4-15(18(5-2)6-3)16(21)20-10-7-14(13-20)19-11-8-17-9-12-19;;/h14-15,17H,4-13H2,1-3H3;2*1H. The molecule has 23 heavy (non-hydrogen) atoms. The van der Waals surface area contributed by atoms with Gasteiger partial charge in [0.15, 0.2) is 0 Å². The molecule has 0 aromatic heterocycles. The maximum absolute atomic E-state index is 12.8. The van der Waals surface area contributed by atoms with E-state index in [2.05, 4.69) is 40.8 Å². The van der Waals surface area contributed by atoms with Gasteiger partial charge in [-0.25, -0.2) is 0 Å². The summed E-state index contributed by atoms with van der Waals surface area (Å²) in [6.07, 6.45) is 2.05. The van der Waals surface area contributed by atoms with Gasteiger partial charge in [-0.1, -0.05) is 20.8 Å². The predicted octanol–water partition coefficient (Wildman–Crippen LogP) is 1.46. The summed E-state index contributed by atoms with van der Waals surface area (Å²) in [6, 6.07) is 0.645. The molecule has 0 aromatic carbocycles. The fourth-order valence-corrected chi connectivity index (χ4v) is 3.75. The smallest absolute Gasteiger partial charge is 0.239 e. The van der Waals surface area contributed by atoms with E-state index in [9.17, 15) is 4.79 Å². The lowest BCUT2D eigenvalue weighted by Gasteiger charge is -2.34. The molecule has 2 atom stereocenters. The zero-order valence-corrected chi connectivity index (χ0v) is 16.4. The lowest BCUT2D eigenvalue weighted by Crippen LogP contribution is -2.51. The van der Waals surface area contributed by atoms with Crippen LogP contribution >= 0.6 is 24.8 Å². The van der Waals surface area contributed by atoms with Crippen LogP contribution in [0, 0.1) is 0 Å². The lowest BCUT2D eigenvalue weighted by atomic mass is 10.1. The molecule has 2 aliphatic rings. The SMILES string of the molecule is CCC(C(=O)N1CCC(N2CCNCC2)C1)N(CC)CC.Cl.Cl. The number of nitrogens with one attached hydrogen (secondary N) is 1. The lowest BCUT2D eigenvalue weighted by molar-refractivity contribution is -0.136. The number of rotatable bonds is 6. The van der Waals surface area contributed by atoms with Gasteiger partial charge in [-0.3, -0.25) is 14.6 Å². The summed E-state index contributed by atoms with van der Waals surface area (Å²) in [5, 5.41) is 3.40. The number of likely N-dealkylation sites (tertiary alicyclic amines) is 1. The number of hydrogen-bond donors (Lipinski definition) is 1. The van der Waals surface area contributed by atoms with E-state index in [1.807, 2.05) is 0 Å². The summed E-state index contributed by atoms with van der Waals surface area (Å²) in [7, 11) is 0. The Morgan fingerprint density at radius 2 is 1.74 bits per heavy atom. The van der Waals surface area contributed by atoms with E-state index in [1.54, 1.807) is 0 Å². The fourth-order valence-electron chi connectivity index (χ4n) is 3.75. The largest absolute Gasteiger partial charge is 0.340 e. The van der Waals surface area contributed by atoms with E-state index in [0.29, 0.717) is 11.9 Å². The van der Waals surface area contributed by atoms with Crippen molar-refractivity contribution in [1.29, 1.82) is 0 Å². The average molecular weight is 369 g/mol. The van der Waals surface area contributed by atoms with Crippen LogP contribution < -0.4 is 5.32 Å². The predicted molar refractivity (Wildman–Crippen MR) is 101 cm³/mol. The van der Waals surface area contributed by atoms with Gasteiger partial charge >= 0.3 is 0 Å². The van der Waals surface area contributed by atoms with E-state index >= 15 is 0 Å². The highest BCUT2D eigenvalue weighted by Gasteiger charge is 2.34. The van der Waals surface area contributed by atoms with E-state index in [-0.39, 0.29) is 30.9 Å². The highest BCUT2D eigenvalue weighted by atomic mass is 35.5. The quantitative estimate of drug-likeness (QED) is 0.770. The second-order valence-corrected chi connectivity index (χ2v) is 6.16. The number of carbonyl (C=O) groups excluding carboxylic acids is 1. The van der Waals surface area contributed by atoms with Crippen LogP contribution in [0.5, 0.6) is 0 Å². The van der Waals surface area contributed by atoms with Crippen LogP contribution in [0.25, 0.3) is 0 Å². The highest BCUT2D eigenvalue weighted by molar-refractivity contribution is 5.85. The highest BCUT2D eigenvalue weighted by Crippen LogP contribution is 2.19. The van der Waals surface area contributed by atoms with Crippen molar-refractivity contribution in [2.24, 2.45) is 0 Å². The normalized spacial score (nSPS) is 23.3. The summed E-state index contributed by atoms with van der Waals surface area (Å²) in [5.41, 5.74) is 0. The zero-order chi connectivity index (χ0) is 15.2. The molecule has 7 heteroatoms. The van der Waals surface area contributed by atoms with Gasteiger partial charge in [0.1, 0.15) is 0 Å². The molecule has 2 fully saturated rings. The molecule has 2 aliphatic heterocycles. The molecule has 2 heterocycles. The third kappa shape index (κ3) is 5.75. The summed E-state index contributed by atoms with van der Waals surface area (Å²) >= 11 is 0. The minimum atomic E-state index is 0. The first kappa shape index (κ1) is 22.9. The van der Waals surface area contributed by atoms with Gasteiger partial charge < -0.3 is 10.2 Å². The van der Waals surface area contributed by atoms with Crippen LogP contribution in [0.2, 0.25) is 0 Å². The molecule has 1 N–H and O–H groups in total. The van der Waals surface area contributed by atoms with Gasteiger partial charge in [0.2, 0.25) is 5.91 Å². The Hall–Kier alpha value is -0.0700. The Morgan fingerprint density at radius 3 is 2.26 bits per heavy atom. The Balaban J connectivity index is 0.00000242. The summed E-state index contributed by atoms with van der Waals surface area (Å²) < 4.78 is 0. The number of piperazine rings is 1. The first-order chi connectivity index (χ1) is 10.2. The first-order valence-corrected chi connectivity index (χ1v) is 8.68. The van der Waals surface area contributed by atoms with Crippen molar-refractivity contribution in [3.63, 3.8) is 0 Å². The van der Waals surface area contributed by atoms with Crippen molar-refractivity contribution in [2.75, 3.05) is 52.4 Å². The van der Waals surface area contributed by atoms with Gasteiger partial charge in [-0.15, -0.1) is 24.8 Å². The minimum Gasteiger partial charge on any atom is -0.340 e. The minimum absolute atomic E-state index is 0. The molecule has 2 unspecified atom stereocenters. The van der Waals surface area contributed by atoms with E-state index in [0.717, 1.165) is 65.2 Å². The average Bonchev–Trinajstić information content (AvgIpc) is 3.02. The third-order valence-electron chi connectivity index (χ3n) is 5.07. The van der Waals surface area contributed by atoms with Crippen molar-refractivity contribution >= 4 is 30.7 Å². The molecule has 0 saturated carbocycles. The van der Waals surface area contributed by atoms with Crippen molar-refractivity contribution < 1.29 is 4.79 Å². The Kier molecular flexibility index (Phi) is 11.4. The second-order valence-electron chi connectivity index (χ2n) is 6.16. The van der Waals surface area contributed by atoms with Crippen LogP contribution in [0.15, 0.2) is 0 Å².